The highest BCUT2D eigenvalue weighted by Gasteiger charge is 2.22. The van der Waals surface area contributed by atoms with E-state index in [9.17, 15) is 4.79 Å². The van der Waals surface area contributed by atoms with E-state index in [1.807, 2.05) is 78.1 Å². The van der Waals surface area contributed by atoms with Crippen molar-refractivity contribution in [3.05, 3.63) is 84.1 Å². The Labute approximate surface area is 162 Å². The van der Waals surface area contributed by atoms with Crippen LogP contribution in [0.1, 0.15) is 28.9 Å². The van der Waals surface area contributed by atoms with E-state index >= 15 is 0 Å². The lowest BCUT2D eigenvalue weighted by Crippen LogP contribution is -2.09. The second-order valence-electron chi connectivity index (χ2n) is 6.42. The number of hydrogen-bond donors (Lipinski definition) is 0. The Hall–Kier alpha value is -3.78. The van der Waals surface area contributed by atoms with Crippen LogP contribution in [-0.2, 0) is 4.74 Å². The maximum Gasteiger partial charge on any atom is 0.341 e. The van der Waals surface area contributed by atoms with Gasteiger partial charge in [0.2, 0.25) is 0 Å². The first kappa shape index (κ1) is 17.6. The Kier molecular flexibility index (Phi) is 4.69. The summed E-state index contributed by atoms with van der Waals surface area (Å²) in [5.41, 5.74) is 3.07. The van der Waals surface area contributed by atoms with Gasteiger partial charge in [-0.25, -0.2) is 4.79 Å². The lowest BCUT2D eigenvalue weighted by Gasteiger charge is -2.13. The van der Waals surface area contributed by atoms with Gasteiger partial charge in [0, 0.05) is 5.39 Å². The van der Waals surface area contributed by atoms with Crippen LogP contribution >= 0.6 is 0 Å². The summed E-state index contributed by atoms with van der Waals surface area (Å²) in [7, 11) is 0. The van der Waals surface area contributed by atoms with E-state index in [0.717, 1.165) is 22.0 Å². The van der Waals surface area contributed by atoms with E-state index in [-0.39, 0.29) is 18.7 Å². The van der Waals surface area contributed by atoms with Gasteiger partial charge in [0.25, 0.3) is 0 Å². The van der Waals surface area contributed by atoms with Gasteiger partial charge in [0.15, 0.2) is 6.61 Å². The van der Waals surface area contributed by atoms with Gasteiger partial charge >= 0.3 is 5.97 Å². The van der Waals surface area contributed by atoms with Crippen molar-refractivity contribution in [2.45, 2.75) is 13.0 Å². The minimum Gasteiger partial charge on any atom is -0.477 e. The van der Waals surface area contributed by atoms with Gasteiger partial charge in [0.1, 0.15) is 17.9 Å². The van der Waals surface area contributed by atoms with E-state index in [1.165, 1.54) is 0 Å². The molecule has 0 fully saturated rings. The normalized spacial score (nSPS) is 11.9. The number of nitrogens with zero attached hydrogens (tertiary/aromatic N) is 2. The smallest absolute Gasteiger partial charge is 0.341 e. The zero-order valence-electron chi connectivity index (χ0n) is 15.3. The molecule has 0 saturated heterocycles. The summed E-state index contributed by atoms with van der Waals surface area (Å²) in [4.78, 5) is 13.1. The van der Waals surface area contributed by atoms with E-state index in [1.54, 1.807) is 12.3 Å². The van der Waals surface area contributed by atoms with Crippen molar-refractivity contribution in [3.63, 3.8) is 0 Å². The summed E-state index contributed by atoms with van der Waals surface area (Å²) < 4.78 is 13.1. The maximum absolute atomic E-state index is 13.1. The molecule has 4 aromatic rings. The fourth-order valence-corrected chi connectivity index (χ4v) is 3.34. The third-order valence-corrected chi connectivity index (χ3v) is 4.67. The van der Waals surface area contributed by atoms with Gasteiger partial charge in [-0.05, 0) is 30.7 Å². The summed E-state index contributed by atoms with van der Waals surface area (Å²) in [6.45, 7) is 1.83. The van der Waals surface area contributed by atoms with Gasteiger partial charge < -0.3 is 13.9 Å². The zero-order chi connectivity index (χ0) is 19.5. The van der Waals surface area contributed by atoms with Crippen LogP contribution in [0.15, 0.2) is 72.9 Å². The molecule has 0 saturated carbocycles. The van der Waals surface area contributed by atoms with Crippen LogP contribution in [0.25, 0.3) is 16.4 Å². The van der Waals surface area contributed by atoms with Crippen molar-refractivity contribution in [2.75, 3.05) is 6.61 Å². The summed E-state index contributed by atoms with van der Waals surface area (Å²) in [6, 6.07) is 22.8. The Morgan fingerprint density at radius 2 is 1.79 bits per heavy atom. The number of rotatable bonds is 5. The number of pyridine rings is 1. The number of carbonyl (C=O) groups is 1. The van der Waals surface area contributed by atoms with Crippen LogP contribution in [0, 0.1) is 11.3 Å². The number of hydrogen-bond acceptors (Lipinski definition) is 4. The van der Waals surface area contributed by atoms with E-state index < -0.39 is 0 Å². The first-order chi connectivity index (χ1) is 13.7. The first-order valence-corrected chi connectivity index (χ1v) is 8.97. The highest BCUT2D eigenvalue weighted by atomic mass is 16.5. The zero-order valence-corrected chi connectivity index (χ0v) is 15.3. The molecule has 1 atom stereocenters. The monoisotopic (exact) mass is 370 g/mol. The number of fused-ring (bicyclic) bond motifs is 3. The second-order valence-corrected chi connectivity index (χ2v) is 6.42. The standard InChI is InChI=1S/C23H18N2O3/c1-16(17-7-3-2-4-8-17)28-23(26)22-19-9-5-6-10-20(19)25-15-18(27-14-13-24)11-12-21(22)25/h2-12,15-16H,14H2,1H3. The molecule has 0 aliphatic carbocycles. The Morgan fingerprint density at radius 3 is 2.57 bits per heavy atom. The van der Waals surface area contributed by atoms with Gasteiger partial charge in [-0.2, -0.15) is 5.26 Å². The van der Waals surface area contributed by atoms with Gasteiger partial charge in [-0.15, -0.1) is 0 Å². The Morgan fingerprint density at radius 1 is 1.04 bits per heavy atom. The van der Waals surface area contributed by atoms with Gasteiger partial charge in [-0.3, -0.25) is 0 Å². The van der Waals surface area contributed by atoms with Crippen molar-refractivity contribution in [3.8, 4) is 11.8 Å². The molecule has 0 amide bonds. The molecule has 2 heterocycles. The average Bonchev–Trinajstić information content (AvgIpc) is 3.06. The van der Waals surface area contributed by atoms with Crippen molar-refractivity contribution in [1.82, 2.24) is 4.40 Å². The molecular formula is C23H18N2O3. The second kappa shape index (κ2) is 7.45. The summed E-state index contributed by atoms with van der Waals surface area (Å²) >= 11 is 0. The van der Waals surface area contributed by atoms with Crippen molar-refractivity contribution in [1.29, 1.82) is 5.26 Å². The molecule has 4 rings (SSSR count). The number of carbonyl (C=O) groups excluding carboxylic acids is 1. The summed E-state index contributed by atoms with van der Waals surface area (Å²) in [5, 5.41) is 9.53. The fraction of sp³-hybridized carbons (Fsp3) is 0.130. The number of para-hydroxylation sites is 1. The first-order valence-electron chi connectivity index (χ1n) is 8.97. The van der Waals surface area contributed by atoms with E-state index in [4.69, 9.17) is 14.7 Å². The van der Waals surface area contributed by atoms with Crippen LogP contribution in [0.3, 0.4) is 0 Å². The quantitative estimate of drug-likeness (QED) is 0.468. The summed E-state index contributed by atoms with van der Waals surface area (Å²) in [5.74, 6) is 0.188. The molecule has 0 bridgehead atoms. The van der Waals surface area contributed by atoms with Crippen LogP contribution in [0.5, 0.6) is 5.75 Å². The summed E-state index contributed by atoms with van der Waals surface area (Å²) in [6.07, 6.45) is 1.42. The predicted molar refractivity (Wildman–Crippen MR) is 106 cm³/mol. The molecule has 0 radical (unpaired) electrons. The topological polar surface area (TPSA) is 63.7 Å². The van der Waals surface area contributed by atoms with E-state index in [2.05, 4.69) is 0 Å². The number of nitriles is 1. The minimum absolute atomic E-state index is 0.0335. The Balaban J connectivity index is 1.77. The lowest BCUT2D eigenvalue weighted by molar-refractivity contribution is 0.0342. The maximum atomic E-state index is 13.1. The van der Waals surface area contributed by atoms with Crippen molar-refractivity contribution < 1.29 is 14.3 Å². The number of aromatic nitrogens is 1. The van der Waals surface area contributed by atoms with Crippen LogP contribution in [0.4, 0.5) is 0 Å². The molecule has 5 nitrogen and oxygen atoms in total. The lowest BCUT2D eigenvalue weighted by atomic mass is 10.1. The molecular weight excluding hydrogens is 352 g/mol. The molecule has 1 unspecified atom stereocenters. The fourth-order valence-electron chi connectivity index (χ4n) is 3.34. The molecule has 138 valence electrons. The average molecular weight is 370 g/mol. The third kappa shape index (κ3) is 3.17. The number of benzene rings is 2. The van der Waals surface area contributed by atoms with Crippen LogP contribution in [0.2, 0.25) is 0 Å². The third-order valence-electron chi connectivity index (χ3n) is 4.67. The number of esters is 1. The molecule has 0 aliphatic heterocycles. The Bertz CT molecular complexity index is 1190. The van der Waals surface area contributed by atoms with Crippen molar-refractivity contribution in [2.24, 2.45) is 0 Å². The van der Waals surface area contributed by atoms with Crippen LogP contribution < -0.4 is 4.74 Å². The molecule has 0 spiro atoms. The highest BCUT2D eigenvalue weighted by Crippen LogP contribution is 2.30. The molecule has 0 aliphatic rings. The molecule has 2 aromatic carbocycles. The van der Waals surface area contributed by atoms with Crippen molar-refractivity contribution >= 4 is 22.4 Å². The van der Waals surface area contributed by atoms with Gasteiger partial charge in [-0.1, -0.05) is 48.5 Å². The van der Waals surface area contributed by atoms with E-state index in [0.29, 0.717) is 11.3 Å². The molecule has 2 aromatic heterocycles. The van der Waals surface area contributed by atoms with Gasteiger partial charge in [0.05, 0.1) is 22.8 Å². The highest BCUT2D eigenvalue weighted by molar-refractivity contribution is 6.11. The molecule has 28 heavy (non-hydrogen) atoms. The SMILES string of the molecule is CC(OC(=O)c1c2ccccc2n2cc(OCC#N)ccc12)c1ccccc1. The molecule has 5 heteroatoms. The number of ether oxygens (including phenoxy) is 2. The largest absolute Gasteiger partial charge is 0.477 e. The van der Waals surface area contributed by atoms with Crippen LogP contribution in [-0.4, -0.2) is 17.0 Å². The minimum atomic E-state index is -0.374. The predicted octanol–water partition coefficient (Wildman–Crippen LogP) is 4.91. The molecule has 0 N–H and O–H groups in total.